The van der Waals surface area contributed by atoms with E-state index in [1.807, 2.05) is 13.0 Å². The van der Waals surface area contributed by atoms with E-state index in [0.717, 1.165) is 42.0 Å². The van der Waals surface area contributed by atoms with Crippen molar-refractivity contribution in [2.45, 2.75) is 52.0 Å². The fourth-order valence-corrected chi connectivity index (χ4v) is 2.38. The van der Waals surface area contributed by atoms with Crippen LogP contribution < -0.4 is 11.3 Å². The first kappa shape index (κ1) is 13.0. The van der Waals surface area contributed by atoms with E-state index < -0.39 is 0 Å². The number of aryl methyl sites for hydroxylation is 2. The third-order valence-corrected chi connectivity index (χ3v) is 3.36. The summed E-state index contributed by atoms with van der Waals surface area (Å²) in [4.78, 5) is 4.73. The zero-order chi connectivity index (χ0) is 13.0. The largest absolute Gasteiger partial charge is 0.308 e. The molecule has 1 aromatic heterocycles. The number of nitrogens with two attached hydrogens (primary N) is 1. The van der Waals surface area contributed by atoms with Gasteiger partial charge in [-0.15, -0.1) is 0 Å². The molecule has 1 heterocycles. The lowest BCUT2D eigenvalue weighted by molar-refractivity contribution is 0.700. The monoisotopic (exact) mass is 247 g/mol. The molecule has 3 N–H and O–H groups in total. The number of hydrogen-bond acceptors (Lipinski definition) is 4. The van der Waals surface area contributed by atoms with Crippen LogP contribution in [-0.4, -0.2) is 22.1 Å². The fourth-order valence-electron chi connectivity index (χ4n) is 2.38. The van der Waals surface area contributed by atoms with E-state index in [-0.39, 0.29) is 0 Å². The minimum absolute atomic E-state index is 0.397. The van der Waals surface area contributed by atoms with Gasteiger partial charge in [0.1, 0.15) is 5.84 Å². The molecule has 0 aliphatic heterocycles. The first-order valence-electron chi connectivity index (χ1n) is 6.62. The van der Waals surface area contributed by atoms with Crippen molar-refractivity contribution in [1.29, 1.82) is 0 Å². The fraction of sp³-hybridized carbons (Fsp3) is 0.615. The van der Waals surface area contributed by atoms with Crippen LogP contribution in [0.1, 0.15) is 49.6 Å². The van der Waals surface area contributed by atoms with Gasteiger partial charge in [-0.1, -0.05) is 19.8 Å². The molecule has 0 radical (unpaired) electrons. The highest BCUT2D eigenvalue weighted by Crippen LogP contribution is 2.21. The third kappa shape index (κ3) is 2.85. The van der Waals surface area contributed by atoms with Crippen molar-refractivity contribution in [3.63, 3.8) is 0 Å². The number of aliphatic imine (C=N–C) groups is 1. The number of nitrogens with zero attached hydrogens (tertiary/aromatic N) is 3. The van der Waals surface area contributed by atoms with Crippen molar-refractivity contribution in [2.24, 2.45) is 10.8 Å². The highest BCUT2D eigenvalue weighted by Gasteiger charge is 2.17. The van der Waals surface area contributed by atoms with Gasteiger partial charge in [0.2, 0.25) is 0 Å². The lowest BCUT2D eigenvalue weighted by Gasteiger charge is -2.12. The molecule has 0 bridgehead atoms. The number of rotatable bonds is 3. The summed E-state index contributed by atoms with van der Waals surface area (Å²) in [6, 6.07) is 2.40. The molecule has 5 heteroatoms. The van der Waals surface area contributed by atoms with Gasteiger partial charge in [-0.2, -0.15) is 10.2 Å². The number of nitrogens with one attached hydrogen (secondary N) is 1. The summed E-state index contributed by atoms with van der Waals surface area (Å²) in [5.74, 6) is 6.37. The maximum atomic E-state index is 5.63. The highest BCUT2D eigenvalue weighted by molar-refractivity contribution is 5.99. The topological polar surface area (TPSA) is 76.2 Å². The molecule has 98 valence electrons. The van der Waals surface area contributed by atoms with Gasteiger partial charge >= 0.3 is 0 Å². The molecule has 18 heavy (non-hydrogen) atoms. The van der Waals surface area contributed by atoms with Crippen molar-refractivity contribution >= 4 is 5.84 Å². The number of aromatic nitrogens is 2. The molecular weight excluding hydrogens is 226 g/mol. The molecule has 0 aromatic carbocycles. The van der Waals surface area contributed by atoms with E-state index in [4.69, 9.17) is 10.8 Å². The maximum Gasteiger partial charge on any atom is 0.144 e. The molecule has 0 atom stereocenters. The molecule has 0 saturated heterocycles. The Morgan fingerprint density at radius 2 is 2.17 bits per heavy atom. The lowest BCUT2D eigenvalue weighted by Crippen LogP contribution is -2.33. The molecule has 0 amide bonds. The predicted molar refractivity (Wildman–Crippen MR) is 72.3 cm³/mol. The standard InChI is InChI=1S/C13H21N5/c1-3-12-11(8-9(2)17-18-12)13(16-14)15-10-6-4-5-7-10/h8,10H,3-7,14H2,1-2H3,(H,15,16). The smallest absolute Gasteiger partial charge is 0.144 e. The Bertz CT molecular complexity index is 435. The SMILES string of the molecule is CCc1nnc(C)cc1C(=NC1CCCC1)NN. The summed E-state index contributed by atoms with van der Waals surface area (Å²) in [7, 11) is 0. The maximum absolute atomic E-state index is 5.63. The number of amidine groups is 1. The summed E-state index contributed by atoms with van der Waals surface area (Å²) >= 11 is 0. The van der Waals surface area contributed by atoms with Crippen LogP contribution in [0.5, 0.6) is 0 Å². The lowest BCUT2D eigenvalue weighted by atomic mass is 10.1. The van der Waals surface area contributed by atoms with Crippen molar-refractivity contribution in [2.75, 3.05) is 0 Å². The summed E-state index contributed by atoms with van der Waals surface area (Å²) in [6.45, 7) is 3.99. The molecule has 1 fully saturated rings. The van der Waals surface area contributed by atoms with Crippen LogP contribution in [0.2, 0.25) is 0 Å². The van der Waals surface area contributed by atoms with Gasteiger partial charge in [0.15, 0.2) is 0 Å². The summed E-state index contributed by atoms with van der Waals surface area (Å²) in [5, 5.41) is 8.30. The van der Waals surface area contributed by atoms with Gasteiger partial charge in [-0.25, -0.2) is 5.84 Å². The van der Waals surface area contributed by atoms with Crippen LogP contribution in [-0.2, 0) is 6.42 Å². The van der Waals surface area contributed by atoms with Crippen LogP contribution in [0.3, 0.4) is 0 Å². The van der Waals surface area contributed by atoms with Gasteiger partial charge in [-0.3, -0.25) is 4.99 Å². The predicted octanol–water partition coefficient (Wildman–Crippen LogP) is 1.50. The van der Waals surface area contributed by atoms with Crippen molar-refractivity contribution < 1.29 is 0 Å². The van der Waals surface area contributed by atoms with E-state index in [1.165, 1.54) is 12.8 Å². The average molecular weight is 247 g/mol. The van der Waals surface area contributed by atoms with Crippen LogP contribution in [0, 0.1) is 6.92 Å². The first-order chi connectivity index (χ1) is 8.74. The van der Waals surface area contributed by atoms with Gasteiger partial charge < -0.3 is 5.43 Å². The first-order valence-corrected chi connectivity index (χ1v) is 6.62. The number of hydrogen-bond donors (Lipinski definition) is 2. The molecule has 0 unspecified atom stereocenters. The zero-order valence-electron chi connectivity index (χ0n) is 11.1. The van der Waals surface area contributed by atoms with E-state index in [1.54, 1.807) is 0 Å². The minimum atomic E-state index is 0.397. The number of hydrazine groups is 1. The van der Waals surface area contributed by atoms with Crippen molar-refractivity contribution in [3.8, 4) is 0 Å². The summed E-state index contributed by atoms with van der Waals surface area (Å²) in [5.41, 5.74) is 5.54. The Hall–Kier alpha value is -1.49. The Morgan fingerprint density at radius 3 is 2.78 bits per heavy atom. The molecule has 5 nitrogen and oxygen atoms in total. The van der Waals surface area contributed by atoms with Crippen LogP contribution in [0.4, 0.5) is 0 Å². The van der Waals surface area contributed by atoms with Gasteiger partial charge in [0, 0.05) is 5.56 Å². The van der Waals surface area contributed by atoms with Gasteiger partial charge in [0.25, 0.3) is 0 Å². The van der Waals surface area contributed by atoms with Gasteiger partial charge in [-0.05, 0) is 32.3 Å². The third-order valence-electron chi connectivity index (χ3n) is 3.36. The summed E-state index contributed by atoms with van der Waals surface area (Å²) < 4.78 is 0. The molecule has 1 aromatic rings. The quantitative estimate of drug-likeness (QED) is 0.367. The van der Waals surface area contributed by atoms with Crippen LogP contribution >= 0.6 is 0 Å². The summed E-state index contributed by atoms with van der Waals surface area (Å²) in [6.07, 6.45) is 5.67. The average Bonchev–Trinajstić information content (AvgIpc) is 2.88. The minimum Gasteiger partial charge on any atom is -0.308 e. The molecule has 1 saturated carbocycles. The molecule has 1 aliphatic rings. The molecule has 0 spiro atoms. The Labute approximate surface area is 108 Å². The van der Waals surface area contributed by atoms with Crippen molar-refractivity contribution in [1.82, 2.24) is 15.6 Å². The van der Waals surface area contributed by atoms with E-state index in [2.05, 4.69) is 22.5 Å². The molecule has 2 rings (SSSR count). The molecule has 1 aliphatic carbocycles. The second-order valence-electron chi connectivity index (χ2n) is 4.76. The molecular formula is C13H21N5. The van der Waals surface area contributed by atoms with E-state index in [9.17, 15) is 0 Å². The van der Waals surface area contributed by atoms with Crippen LogP contribution in [0.15, 0.2) is 11.1 Å². The van der Waals surface area contributed by atoms with Gasteiger partial charge in [0.05, 0.1) is 17.4 Å². The second kappa shape index (κ2) is 5.91. The normalized spacial score (nSPS) is 17.2. The zero-order valence-corrected chi connectivity index (χ0v) is 11.1. The second-order valence-corrected chi connectivity index (χ2v) is 4.76. The van der Waals surface area contributed by atoms with Crippen LogP contribution in [0.25, 0.3) is 0 Å². The highest BCUT2D eigenvalue weighted by atomic mass is 15.3. The Balaban J connectivity index is 2.33. The Kier molecular flexibility index (Phi) is 4.25. The van der Waals surface area contributed by atoms with Crippen molar-refractivity contribution in [3.05, 3.63) is 23.0 Å². The van der Waals surface area contributed by atoms with E-state index in [0.29, 0.717) is 6.04 Å². The van der Waals surface area contributed by atoms with E-state index >= 15 is 0 Å². The Morgan fingerprint density at radius 1 is 1.44 bits per heavy atom.